The van der Waals surface area contributed by atoms with Gasteiger partial charge in [0.15, 0.2) is 5.17 Å². The van der Waals surface area contributed by atoms with E-state index in [-0.39, 0.29) is 11.6 Å². The van der Waals surface area contributed by atoms with Crippen LogP contribution in [0.15, 0.2) is 99.2 Å². The maximum Gasteiger partial charge on any atom is 0.273 e. The Hall–Kier alpha value is -4.43. The van der Waals surface area contributed by atoms with Crippen LogP contribution in [-0.2, 0) is 4.79 Å². The summed E-state index contributed by atoms with van der Waals surface area (Å²) in [5.41, 5.74) is 3.59. The molecule has 7 nitrogen and oxygen atoms in total. The van der Waals surface area contributed by atoms with Crippen LogP contribution in [0.2, 0.25) is 0 Å². The number of nitro groups is 1. The maximum absolute atomic E-state index is 13.4. The van der Waals surface area contributed by atoms with Crippen molar-refractivity contribution in [2.24, 2.45) is 4.99 Å². The maximum atomic E-state index is 13.4. The van der Waals surface area contributed by atoms with Gasteiger partial charge in [-0.3, -0.25) is 19.8 Å². The zero-order valence-electron chi connectivity index (χ0n) is 19.5. The van der Waals surface area contributed by atoms with E-state index in [4.69, 9.17) is 9.41 Å². The number of hydrogen-bond donors (Lipinski definition) is 0. The third-order valence-corrected chi connectivity index (χ3v) is 6.68. The molecule has 178 valence electrons. The highest BCUT2D eigenvalue weighted by Gasteiger charge is 2.35. The third-order valence-electron chi connectivity index (χ3n) is 5.71. The number of benzene rings is 3. The summed E-state index contributed by atoms with van der Waals surface area (Å²) in [6.45, 7) is 3.59. The fraction of sp³-hybridized carbons (Fsp3) is 0.0714. The summed E-state index contributed by atoms with van der Waals surface area (Å²) in [4.78, 5) is 31.2. The molecule has 0 spiro atoms. The van der Waals surface area contributed by atoms with Crippen LogP contribution < -0.4 is 4.90 Å². The molecule has 1 aliphatic heterocycles. The van der Waals surface area contributed by atoms with Crippen LogP contribution in [-0.4, -0.2) is 16.0 Å². The number of carbonyl (C=O) groups is 1. The standard InChI is InChI=1S/C28H21N3O4S/c1-18-15-19(2)24(31(33)34)17-23(18)25-14-13-22(35-25)16-26-27(32)30(21-11-7-4-8-12-21)28(36-26)29-20-9-5-3-6-10-20/h3-17H,1-2H3. The predicted molar refractivity (Wildman–Crippen MR) is 143 cm³/mol. The van der Waals surface area contributed by atoms with Gasteiger partial charge in [0.25, 0.3) is 11.6 Å². The summed E-state index contributed by atoms with van der Waals surface area (Å²) in [5, 5.41) is 11.9. The molecular formula is C28H21N3O4S. The van der Waals surface area contributed by atoms with E-state index in [2.05, 4.69) is 0 Å². The van der Waals surface area contributed by atoms with Crippen molar-refractivity contribution in [3.8, 4) is 11.3 Å². The van der Waals surface area contributed by atoms with Crippen LogP contribution >= 0.6 is 11.8 Å². The Morgan fingerprint density at radius 2 is 1.64 bits per heavy atom. The number of hydrogen-bond acceptors (Lipinski definition) is 6. The lowest BCUT2D eigenvalue weighted by Gasteiger charge is -2.15. The Morgan fingerprint density at radius 3 is 2.33 bits per heavy atom. The lowest BCUT2D eigenvalue weighted by atomic mass is 10.0. The molecule has 0 radical (unpaired) electrons. The van der Waals surface area contributed by atoms with Crippen LogP contribution in [0.25, 0.3) is 17.4 Å². The number of rotatable bonds is 5. The van der Waals surface area contributed by atoms with Crippen molar-refractivity contribution in [2.75, 3.05) is 4.90 Å². The van der Waals surface area contributed by atoms with Crippen LogP contribution in [0.1, 0.15) is 16.9 Å². The van der Waals surface area contributed by atoms with E-state index in [0.29, 0.717) is 32.7 Å². The van der Waals surface area contributed by atoms with Crippen molar-refractivity contribution < 1.29 is 14.1 Å². The van der Waals surface area contributed by atoms with Gasteiger partial charge in [-0.25, -0.2) is 4.99 Å². The normalized spacial score (nSPS) is 15.7. The Labute approximate surface area is 211 Å². The van der Waals surface area contributed by atoms with Crippen molar-refractivity contribution >= 4 is 46.0 Å². The topological polar surface area (TPSA) is 89.0 Å². The van der Waals surface area contributed by atoms with Gasteiger partial charge in [-0.05, 0) is 73.6 Å². The molecule has 5 rings (SSSR count). The van der Waals surface area contributed by atoms with Crippen LogP contribution in [0, 0.1) is 24.0 Å². The summed E-state index contributed by atoms with van der Waals surface area (Å²) in [5.74, 6) is 0.759. The second-order valence-electron chi connectivity index (χ2n) is 8.23. The number of anilines is 1. The molecule has 2 heterocycles. The molecule has 0 N–H and O–H groups in total. The minimum atomic E-state index is -0.399. The number of aliphatic imine (C=N–C) groups is 1. The average Bonchev–Trinajstić information content (AvgIpc) is 3.44. The van der Waals surface area contributed by atoms with Gasteiger partial charge in [-0.15, -0.1) is 0 Å². The zero-order valence-corrected chi connectivity index (χ0v) is 20.4. The summed E-state index contributed by atoms with van der Waals surface area (Å²) in [7, 11) is 0. The van der Waals surface area contributed by atoms with Gasteiger partial charge in [0.1, 0.15) is 11.5 Å². The molecule has 3 aromatic carbocycles. The molecule has 0 unspecified atom stereocenters. The van der Waals surface area contributed by atoms with Gasteiger partial charge in [0.05, 0.1) is 21.2 Å². The smallest absolute Gasteiger partial charge is 0.273 e. The predicted octanol–water partition coefficient (Wildman–Crippen LogP) is 7.28. The molecular weight excluding hydrogens is 474 g/mol. The minimum absolute atomic E-state index is 0.0358. The highest BCUT2D eigenvalue weighted by atomic mass is 32.2. The summed E-state index contributed by atoms with van der Waals surface area (Å²) < 4.78 is 6.01. The van der Waals surface area contributed by atoms with Gasteiger partial charge in [0, 0.05) is 23.3 Å². The van der Waals surface area contributed by atoms with Gasteiger partial charge >= 0.3 is 0 Å². The number of para-hydroxylation sites is 2. The number of amidine groups is 1. The molecule has 36 heavy (non-hydrogen) atoms. The SMILES string of the molecule is Cc1cc(C)c([N+](=O)[O-])cc1-c1ccc(C=C2SC(=Nc3ccccc3)N(c3ccccc3)C2=O)o1. The van der Waals surface area contributed by atoms with Crippen molar-refractivity contribution in [3.63, 3.8) is 0 Å². The fourth-order valence-electron chi connectivity index (χ4n) is 3.97. The van der Waals surface area contributed by atoms with Gasteiger partial charge in [0.2, 0.25) is 0 Å². The molecule has 0 bridgehead atoms. The van der Waals surface area contributed by atoms with E-state index < -0.39 is 4.92 Å². The molecule has 4 aromatic rings. The highest BCUT2D eigenvalue weighted by molar-refractivity contribution is 8.19. The van der Waals surface area contributed by atoms with Gasteiger partial charge in [-0.1, -0.05) is 36.4 Å². The van der Waals surface area contributed by atoms with E-state index in [0.717, 1.165) is 16.9 Å². The zero-order chi connectivity index (χ0) is 25.2. The molecule has 1 aliphatic rings. The number of nitro benzene ring substituents is 1. The van der Waals surface area contributed by atoms with E-state index in [1.165, 1.54) is 17.8 Å². The largest absolute Gasteiger partial charge is 0.457 e. The molecule has 8 heteroatoms. The number of amides is 1. The number of carbonyl (C=O) groups excluding carboxylic acids is 1. The van der Waals surface area contributed by atoms with E-state index >= 15 is 0 Å². The fourth-order valence-corrected chi connectivity index (χ4v) is 4.95. The van der Waals surface area contributed by atoms with E-state index in [1.807, 2.05) is 67.6 Å². The van der Waals surface area contributed by atoms with Crippen LogP contribution in [0.4, 0.5) is 17.1 Å². The highest BCUT2D eigenvalue weighted by Crippen LogP contribution is 2.38. The molecule has 1 amide bonds. The third kappa shape index (κ3) is 4.58. The van der Waals surface area contributed by atoms with Gasteiger partial charge in [-0.2, -0.15) is 0 Å². The Balaban J connectivity index is 1.51. The molecule has 0 atom stereocenters. The van der Waals surface area contributed by atoms with Gasteiger partial charge < -0.3 is 4.42 Å². The first-order valence-electron chi connectivity index (χ1n) is 11.2. The number of aryl methyl sites for hydroxylation is 2. The van der Waals surface area contributed by atoms with Crippen molar-refractivity contribution in [3.05, 3.63) is 117 Å². The quantitative estimate of drug-likeness (QED) is 0.165. The summed E-state index contributed by atoms with van der Waals surface area (Å²) in [6.07, 6.45) is 1.68. The average molecular weight is 496 g/mol. The molecule has 1 fully saturated rings. The molecule has 0 aliphatic carbocycles. The van der Waals surface area contributed by atoms with Crippen molar-refractivity contribution in [1.82, 2.24) is 0 Å². The number of nitrogens with zero attached hydrogens (tertiary/aromatic N) is 3. The van der Waals surface area contributed by atoms with E-state index in [1.54, 1.807) is 36.1 Å². The minimum Gasteiger partial charge on any atom is -0.457 e. The monoisotopic (exact) mass is 495 g/mol. The van der Waals surface area contributed by atoms with Crippen molar-refractivity contribution in [2.45, 2.75) is 13.8 Å². The summed E-state index contributed by atoms with van der Waals surface area (Å²) in [6, 6.07) is 25.6. The molecule has 1 aromatic heterocycles. The second kappa shape index (κ2) is 9.67. The molecule has 1 saturated heterocycles. The van der Waals surface area contributed by atoms with Crippen LogP contribution in [0.3, 0.4) is 0 Å². The Morgan fingerprint density at radius 1 is 0.944 bits per heavy atom. The summed E-state index contributed by atoms with van der Waals surface area (Å²) >= 11 is 1.27. The molecule has 0 saturated carbocycles. The first kappa shape index (κ1) is 23.3. The number of furan rings is 1. The first-order valence-corrected chi connectivity index (χ1v) is 12.0. The lowest BCUT2D eigenvalue weighted by Crippen LogP contribution is -2.28. The lowest BCUT2D eigenvalue weighted by molar-refractivity contribution is -0.385. The van der Waals surface area contributed by atoms with Crippen LogP contribution in [0.5, 0.6) is 0 Å². The first-order chi connectivity index (χ1) is 17.4. The Kier molecular flexibility index (Phi) is 6.26. The Bertz CT molecular complexity index is 1530. The number of thioether (sulfide) groups is 1. The van der Waals surface area contributed by atoms with E-state index in [9.17, 15) is 14.9 Å². The van der Waals surface area contributed by atoms with Crippen molar-refractivity contribution in [1.29, 1.82) is 0 Å². The second-order valence-corrected chi connectivity index (χ2v) is 9.24.